The number of aromatic nitrogens is 3. The van der Waals surface area contributed by atoms with Gasteiger partial charge < -0.3 is 14.1 Å². The molecule has 1 aliphatic carbocycles. The van der Waals surface area contributed by atoms with Crippen LogP contribution in [-0.2, 0) is 18.6 Å². The lowest BCUT2D eigenvalue weighted by Crippen LogP contribution is -2.14. The molecular formula is C19H19N3O3S. The molecule has 0 atom stereocenters. The molecule has 0 aliphatic heterocycles. The molecule has 0 saturated heterocycles. The smallest absolute Gasteiger partial charge is 0.254 e. The maximum atomic E-state index is 12.1. The van der Waals surface area contributed by atoms with Crippen molar-refractivity contribution in [3.8, 4) is 17.2 Å². The molecule has 4 rings (SSSR count). The maximum Gasteiger partial charge on any atom is 0.254 e. The van der Waals surface area contributed by atoms with Gasteiger partial charge in [-0.1, -0.05) is 23.9 Å². The fourth-order valence-corrected chi connectivity index (χ4v) is 4.00. The van der Waals surface area contributed by atoms with Crippen LogP contribution in [0.4, 0.5) is 0 Å². The summed E-state index contributed by atoms with van der Waals surface area (Å²) in [6.45, 7) is 1.89. The van der Waals surface area contributed by atoms with E-state index in [-0.39, 0.29) is 5.56 Å². The second-order valence-corrected chi connectivity index (χ2v) is 7.12. The van der Waals surface area contributed by atoms with Gasteiger partial charge in [-0.25, -0.2) is 9.97 Å². The molecule has 134 valence electrons. The molecule has 1 aromatic carbocycles. The molecule has 0 radical (unpaired) electrons. The topological polar surface area (TPSA) is 81.0 Å². The lowest BCUT2D eigenvalue weighted by atomic mass is 10.2. The summed E-state index contributed by atoms with van der Waals surface area (Å²) in [5.41, 5.74) is 3.41. The third-order valence-corrected chi connectivity index (χ3v) is 5.38. The number of oxazole rings is 1. The van der Waals surface area contributed by atoms with Gasteiger partial charge in [0, 0.05) is 11.3 Å². The minimum Gasteiger partial charge on any atom is -0.496 e. The van der Waals surface area contributed by atoms with Crippen LogP contribution in [0.1, 0.15) is 29.1 Å². The van der Waals surface area contributed by atoms with Crippen molar-refractivity contribution < 1.29 is 9.15 Å². The Morgan fingerprint density at radius 1 is 1.27 bits per heavy atom. The number of benzene rings is 1. The summed E-state index contributed by atoms with van der Waals surface area (Å²) in [6.07, 6.45) is 2.71. The summed E-state index contributed by atoms with van der Waals surface area (Å²) in [5.74, 6) is 2.58. The van der Waals surface area contributed by atoms with Gasteiger partial charge >= 0.3 is 0 Å². The van der Waals surface area contributed by atoms with E-state index in [4.69, 9.17) is 9.15 Å². The largest absolute Gasteiger partial charge is 0.496 e. The molecule has 0 spiro atoms. The summed E-state index contributed by atoms with van der Waals surface area (Å²) in [6, 6.07) is 7.62. The van der Waals surface area contributed by atoms with Crippen molar-refractivity contribution in [2.75, 3.05) is 7.11 Å². The number of aryl methyl sites for hydroxylation is 2. The van der Waals surface area contributed by atoms with E-state index in [1.165, 1.54) is 11.8 Å². The molecule has 1 N–H and O–H groups in total. The van der Waals surface area contributed by atoms with Crippen molar-refractivity contribution in [3.05, 3.63) is 57.3 Å². The van der Waals surface area contributed by atoms with Crippen LogP contribution in [0, 0.1) is 6.92 Å². The molecular weight excluding hydrogens is 350 g/mol. The average Bonchev–Trinajstić information content (AvgIpc) is 3.27. The van der Waals surface area contributed by atoms with E-state index in [1.54, 1.807) is 7.11 Å². The van der Waals surface area contributed by atoms with Gasteiger partial charge in [0.05, 0.1) is 24.1 Å². The number of nitrogens with one attached hydrogen (secondary N) is 1. The van der Waals surface area contributed by atoms with Gasteiger partial charge in [0.25, 0.3) is 5.56 Å². The van der Waals surface area contributed by atoms with E-state index in [9.17, 15) is 4.79 Å². The summed E-state index contributed by atoms with van der Waals surface area (Å²) in [5, 5.41) is 0.636. The summed E-state index contributed by atoms with van der Waals surface area (Å²) < 4.78 is 11.2. The highest BCUT2D eigenvalue weighted by Crippen LogP contribution is 2.31. The Balaban J connectivity index is 1.56. The number of fused-ring (bicyclic) bond motifs is 1. The first kappa shape index (κ1) is 16.9. The Morgan fingerprint density at radius 2 is 2.12 bits per heavy atom. The Bertz CT molecular complexity index is 1010. The lowest BCUT2D eigenvalue weighted by Gasteiger charge is -2.03. The van der Waals surface area contributed by atoms with E-state index in [1.807, 2.05) is 31.2 Å². The van der Waals surface area contributed by atoms with Crippen LogP contribution in [0.5, 0.6) is 5.75 Å². The Kier molecular flexibility index (Phi) is 4.55. The van der Waals surface area contributed by atoms with Gasteiger partial charge in [-0.15, -0.1) is 0 Å². The van der Waals surface area contributed by atoms with E-state index in [2.05, 4.69) is 15.0 Å². The van der Waals surface area contributed by atoms with Crippen LogP contribution in [0.2, 0.25) is 0 Å². The summed E-state index contributed by atoms with van der Waals surface area (Å²) in [4.78, 5) is 24.2. The minimum absolute atomic E-state index is 0.0124. The zero-order valence-electron chi connectivity index (χ0n) is 14.7. The predicted octanol–water partition coefficient (Wildman–Crippen LogP) is 3.52. The number of H-pyrrole nitrogens is 1. The van der Waals surface area contributed by atoms with Crippen molar-refractivity contribution >= 4 is 11.8 Å². The SMILES string of the molecule is COc1ccccc1-c1nc(CSc2nc3c(c(=O)[nH]2)CCC3)c(C)o1. The number of rotatable bonds is 5. The third-order valence-electron chi connectivity index (χ3n) is 4.50. The molecule has 0 unspecified atom stereocenters. The van der Waals surface area contributed by atoms with E-state index in [0.29, 0.717) is 16.8 Å². The fourth-order valence-electron chi connectivity index (χ4n) is 3.12. The summed E-state index contributed by atoms with van der Waals surface area (Å²) >= 11 is 1.47. The predicted molar refractivity (Wildman–Crippen MR) is 99.7 cm³/mol. The van der Waals surface area contributed by atoms with Gasteiger partial charge in [0.2, 0.25) is 5.89 Å². The molecule has 3 aromatic rings. The third kappa shape index (κ3) is 3.14. The minimum atomic E-state index is -0.0124. The van der Waals surface area contributed by atoms with Crippen LogP contribution in [-0.4, -0.2) is 22.1 Å². The van der Waals surface area contributed by atoms with Gasteiger partial charge in [0.1, 0.15) is 11.5 Å². The number of hydrogen-bond acceptors (Lipinski definition) is 6. The molecule has 0 saturated carbocycles. The van der Waals surface area contributed by atoms with Gasteiger partial charge in [0.15, 0.2) is 5.16 Å². The number of ether oxygens (including phenoxy) is 1. The quantitative estimate of drug-likeness (QED) is 0.547. The first-order valence-corrected chi connectivity index (χ1v) is 9.49. The normalized spacial score (nSPS) is 13.0. The standard InChI is InChI=1S/C19H19N3O3S/c1-11-15(20-18(25-11)13-6-3-4-9-16(13)24-2)10-26-19-21-14-8-5-7-12(14)17(23)22-19/h3-4,6,9H,5,7-8,10H2,1-2H3,(H,21,22,23). The maximum absolute atomic E-state index is 12.1. The average molecular weight is 369 g/mol. The highest BCUT2D eigenvalue weighted by atomic mass is 32.2. The molecule has 6 nitrogen and oxygen atoms in total. The van der Waals surface area contributed by atoms with E-state index in [0.717, 1.165) is 53.3 Å². The number of hydrogen-bond donors (Lipinski definition) is 1. The number of aromatic amines is 1. The number of nitrogens with zero attached hydrogens (tertiary/aromatic N) is 2. The molecule has 26 heavy (non-hydrogen) atoms. The Morgan fingerprint density at radius 3 is 2.96 bits per heavy atom. The van der Waals surface area contributed by atoms with Gasteiger partial charge in [-0.3, -0.25) is 4.79 Å². The van der Waals surface area contributed by atoms with Crippen molar-refractivity contribution in [1.29, 1.82) is 0 Å². The van der Waals surface area contributed by atoms with Crippen molar-refractivity contribution in [2.45, 2.75) is 37.1 Å². The highest BCUT2D eigenvalue weighted by molar-refractivity contribution is 7.98. The molecule has 7 heteroatoms. The molecule has 0 fully saturated rings. The van der Waals surface area contributed by atoms with Crippen molar-refractivity contribution in [3.63, 3.8) is 0 Å². The lowest BCUT2D eigenvalue weighted by molar-refractivity contribution is 0.414. The zero-order valence-corrected chi connectivity index (χ0v) is 15.5. The second-order valence-electron chi connectivity index (χ2n) is 6.16. The van der Waals surface area contributed by atoms with E-state index < -0.39 is 0 Å². The van der Waals surface area contributed by atoms with Crippen LogP contribution >= 0.6 is 11.8 Å². The second kappa shape index (κ2) is 6.99. The first-order valence-electron chi connectivity index (χ1n) is 8.50. The molecule has 2 heterocycles. The highest BCUT2D eigenvalue weighted by Gasteiger charge is 2.19. The summed E-state index contributed by atoms with van der Waals surface area (Å²) in [7, 11) is 1.63. The van der Waals surface area contributed by atoms with E-state index >= 15 is 0 Å². The first-order chi connectivity index (χ1) is 12.7. The van der Waals surface area contributed by atoms with Gasteiger partial charge in [-0.2, -0.15) is 0 Å². The van der Waals surface area contributed by atoms with Crippen LogP contribution in [0.25, 0.3) is 11.5 Å². The van der Waals surface area contributed by atoms with Crippen LogP contribution in [0.3, 0.4) is 0 Å². The Hall–Kier alpha value is -2.54. The molecule has 2 aromatic heterocycles. The molecule has 0 amide bonds. The van der Waals surface area contributed by atoms with Crippen molar-refractivity contribution in [1.82, 2.24) is 15.0 Å². The number of para-hydroxylation sites is 1. The fraction of sp³-hybridized carbons (Fsp3) is 0.316. The zero-order chi connectivity index (χ0) is 18.1. The van der Waals surface area contributed by atoms with Crippen LogP contribution < -0.4 is 10.3 Å². The van der Waals surface area contributed by atoms with Crippen LogP contribution in [0.15, 0.2) is 38.6 Å². The van der Waals surface area contributed by atoms with Gasteiger partial charge in [-0.05, 0) is 38.3 Å². The molecule has 1 aliphatic rings. The number of methoxy groups -OCH3 is 1. The Labute approximate surface area is 155 Å². The number of thioether (sulfide) groups is 1. The monoisotopic (exact) mass is 369 g/mol. The molecule has 0 bridgehead atoms. The van der Waals surface area contributed by atoms with Crippen molar-refractivity contribution in [2.24, 2.45) is 0 Å².